The first-order valence-electron chi connectivity index (χ1n) is 7.33. The average molecular weight is 314 g/mol. The van der Waals surface area contributed by atoms with E-state index in [1.54, 1.807) is 6.07 Å². The van der Waals surface area contributed by atoms with Crippen LogP contribution in [-0.2, 0) is 16.3 Å². The van der Waals surface area contributed by atoms with Gasteiger partial charge in [-0.25, -0.2) is 12.8 Å². The number of anilines is 1. The third-order valence-electron chi connectivity index (χ3n) is 4.03. The molecule has 2 unspecified atom stereocenters. The summed E-state index contributed by atoms with van der Waals surface area (Å²) in [6, 6.07) is 4.55. The van der Waals surface area contributed by atoms with E-state index in [0.29, 0.717) is 13.0 Å². The highest BCUT2D eigenvalue weighted by Gasteiger charge is 2.29. The van der Waals surface area contributed by atoms with Crippen molar-refractivity contribution in [2.45, 2.75) is 38.8 Å². The monoisotopic (exact) mass is 314 g/mol. The Morgan fingerprint density at radius 3 is 2.81 bits per heavy atom. The first-order valence-corrected chi connectivity index (χ1v) is 9.15. The molecule has 2 atom stereocenters. The Morgan fingerprint density at radius 2 is 2.19 bits per heavy atom. The Labute approximate surface area is 126 Å². The van der Waals surface area contributed by atoms with Crippen molar-refractivity contribution in [2.24, 2.45) is 5.73 Å². The maximum Gasteiger partial charge on any atom is 0.154 e. The molecule has 1 heterocycles. The lowest BCUT2D eigenvalue weighted by Crippen LogP contribution is -2.47. The second-order valence-electron chi connectivity index (χ2n) is 5.80. The molecule has 1 fully saturated rings. The molecule has 0 amide bonds. The zero-order valence-electron chi connectivity index (χ0n) is 12.5. The van der Waals surface area contributed by atoms with Crippen LogP contribution in [0.3, 0.4) is 0 Å². The van der Waals surface area contributed by atoms with Crippen molar-refractivity contribution in [1.82, 2.24) is 0 Å². The molecule has 0 aromatic heterocycles. The molecule has 0 radical (unpaired) electrons. The number of halogens is 1. The smallest absolute Gasteiger partial charge is 0.154 e. The molecule has 0 bridgehead atoms. The van der Waals surface area contributed by atoms with Crippen molar-refractivity contribution in [3.8, 4) is 0 Å². The molecule has 1 aromatic carbocycles. The van der Waals surface area contributed by atoms with Gasteiger partial charge in [0.15, 0.2) is 9.84 Å². The summed E-state index contributed by atoms with van der Waals surface area (Å²) in [5, 5.41) is 0. The highest BCUT2D eigenvalue weighted by Crippen LogP contribution is 2.27. The molecule has 4 nitrogen and oxygen atoms in total. The van der Waals surface area contributed by atoms with Gasteiger partial charge in [-0.2, -0.15) is 0 Å². The van der Waals surface area contributed by atoms with E-state index in [9.17, 15) is 12.8 Å². The molecule has 1 aliphatic heterocycles. The predicted molar refractivity (Wildman–Crippen MR) is 83.8 cm³/mol. The van der Waals surface area contributed by atoms with Crippen molar-refractivity contribution >= 4 is 15.5 Å². The molecule has 118 valence electrons. The lowest BCUT2D eigenvalue weighted by Gasteiger charge is -2.36. The van der Waals surface area contributed by atoms with Gasteiger partial charge in [-0.05, 0) is 43.5 Å². The summed E-state index contributed by atoms with van der Waals surface area (Å²) in [6.45, 7) is 4.34. The van der Waals surface area contributed by atoms with Gasteiger partial charge in [-0.15, -0.1) is 0 Å². The van der Waals surface area contributed by atoms with E-state index in [-0.39, 0.29) is 29.4 Å². The van der Waals surface area contributed by atoms with Crippen molar-refractivity contribution in [3.05, 3.63) is 29.6 Å². The Balaban J connectivity index is 2.30. The highest BCUT2D eigenvalue weighted by molar-refractivity contribution is 7.91. The lowest BCUT2D eigenvalue weighted by atomic mass is 10.0. The van der Waals surface area contributed by atoms with Crippen molar-refractivity contribution in [1.29, 1.82) is 0 Å². The average Bonchev–Trinajstić information content (AvgIpc) is 2.39. The third-order valence-corrected chi connectivity index (χ3v) is 5.82. The topological polar surface area (TPSA) is 63.4 Å². The molecule has 0 spiro atoms. The summed E-state index contributed by atoms with van der Waals surface area (Å²) in [5.74, 6) is 0.00630. The zero-order valence-corrected chi connectivity index (χ0v) is 13.4. The number of rotatable bonds is 4. The van der Waals surface area contributed by atoms with Gasteiger partial charge < -0.3 is 10.6 Å². The van der Waals surface area contributed by atoms with Crippen LogP contribution in [0.4, 0.5) is 10.1 Å². The van der Waals surface area contributed by atoms with Crippen LogP contribution in [-0.4, -0.2) is 38.6 Å². The number of sulfone groups is 1. The third kappa shape index (κ3) is 3.95. The first kappa shape index (κ1) is 16.2. The maximum absolute atomic E-state index is 13.5. The minimum absolute atomic E-state index is 0.0191. The Hall–Kier alpha value is -1.14. The fourth-order valence-electron chi connectivity index (χ4n) is 2.78. The highest BCUT2D eigenvalue weighted by atomic mass is 32.2. The molecular formula is C15H23FN2O2S. The van der Waals surface area contributed by atoms with E-state index < -0.39 is 9.84 Å². The van der Waals surface area contributed by atoms with E-state index in [4.69, 9.17) is 5.73 Å². The number of nitrogens with two attached hydrogens (primary N) is 1. The van der Waals surface area contributed by atoms with Crippen molar-refractivity contribution in [3.63, 3.8) is 0 Å². The van der Waals surface area contributed by atoms with Gasteiger partial charge >= 0.3 is 0 Å². The summed E-state index contributed by atoms with van der Waals surface area (Å²) in [6.07, 6.45) is 1.42. The van der Waals surface area contributed by atoms with E-state index in [2.05, 4.69) is 4.90 Å². The van der Waals surface area contributed by atoms with Gasteiger partial charge in [-0.1, -0.05) is 6.92 Å². The number of hydrogen-bond donors (Lipinski definition) is 1. The molecule has 1 aromatic rings. The first-order chi connectivity index (χ1) is 9.82. The number of hydrogen-bond acceptors (Lipinski definition) is 4. The van der Waals surface area contributed by atoms with Crippen LogP contribution >= 0.6 is 0 Å². The standard InChI is InChI=1S/C15H23FN2O2S/c1-3-14(17)9-12-8-13(16)4-5-15(12)18-6-7-21(19,20)10-11(18)2/h4-5,8,11,14H,3,6-7,9-10,17H2,1-2H3. The molecular weight excluding hydrogens is 291 g/mol. The van der Waals surface area contributed by atoms with Crippen LogP contribution in [0.2, 0.25) is 0 Å². The van der Waals surface area contributed by atoms with E-state index in [1.165, 1.54) is 12.1 Å². The molecule has 2 rings (SSSR count). The summed E-state index contributed by atoms with van der Waals surface area (Å²) in [5.41, 5.74) is 7.76. The molecule has 0 aliphatic carbocycles. The summed E-state index contributed by atoms with van der Waals surface area (Å²) < 4.78 is 36.9. The molecule has 6 heteroatoms. The molecule has 21 heavy (non-hydrogen) atoms. The Bertz CT molecular complexity index is 604. The maximum atomic E-state index is 13.5. The van der Waals surface area contributed by atoms with Gasteiger partial charge in [-0.3, -0.25) is 0 Å². The van der Waals surface area contributed by atoms with Gasteiger partial charge in [0.25, 0.3) is 0 Å². The SMILES string of the molecule is CCC(N)Cc1cc(F)ccc1N1CCS(=O)(=O)CC1C. The van der Waals surface area contributed by atoms with Crippen LogP contribution in [0, 0.1) is 5.82 Å². The fraction of sp³-hybridized carbons (Fsp3) is 0.600. The van der Waals surface area contributed by atoms with Gasteiger partial charge in [0.1, 0.15) is 5.82 Å². The Kier molecular flexibility index (Phi) is 4.88. The van der Waals surface area contributed by atoms with Crippen molar-refractivity contribution in [2.75, 3.05) is 23.0 Å². The predicted octanol–water partition coefficient (Wildman–Crippen LogP) is 1.73. The van der Waals surface area contributed by atoms with Crippen LogP contribution in [0.5, 0.6) is 0 Å². The van der Waals surface area contributed by atoms with Gasteiger partial charge in [0.2, 0.25) is 0 Å². The van der Waals surface area contributed by atoms with Crippen molar-refractivity contribution < 1.29 is 12.8 Å². The normalized spacial score (nSPS) is 23.0. The number of benzene rings is 1. The zero-order chi connectivity index (χ0) is 15.6. The molecule has 1 saturated heterocycles. The Morgan fingerprint density at radius 1 is 1.48 bits per heavy atom. The van der Waals surface area contributed by atoms with Crippen LogP contribution < -0.4 is 10.6 Å². The second kappa shape index (κ2) is 6.32. The summed E-state index contributed by atoms with van der Waals surface area (Å²) >= 11 is 0. The van der Waals surface area contributed by atoms with Crippen LogP contribution in [0.15, 0.2) is 18.2 Å². The fourth-order valence-corrected chi connectivity index (χ4v) is 4.34. The molecule has 0 saturated carbocycles. The minimum Gasteiger partial charge on any atom is -0.367 e. The lowest BCUT2D eigenvalue weighted by molar-refractivity contribution is 0.565. The van der Waals surface area contributed by atoms with Crippen LogP contribution in [0.1, 0.15) is 25.8 Å². The quantitative estimate of drug-likeness (QED) is 0.919. The largest absolute Gasteiger partial charge is 0.367 e. The van der Waals surface area contributed by atoms with E-state index >= 15 is 0 Å². The second-order valence-corrected chi connectivity index (χ2v) is 8.03. The molecule has 2 N–H and O–H groups in total. The van der Waals surface area contributed by atoms with Crippen LogP contribution in [0.25, 0.3) is 0 Å². The van der Waals surface area contributed by atoms with Gasteiger partial charge in [0.05, 0.1) is 11.5 Å². The van der Waals surface area contributed by atoms with E-state index in [1.807, 2.05) is 13.8 Å². The van der Waals surface area contributed by atoms with Gasteiger partial charge in [0, 0.05) is 24.3 Å². The molecule has 1 aliphatic rings. The summed E-state index contributed by atoms with van der Waals surface area (Å²) in [4.78, 5) is 2.05. The van der Waals surface area contributed by atoms with E-state index in [0.717, 1.165) is 17.7 Å². The summed E-state index contributed by atoms with van der Waals surface area (Å²) in [7, 11) is -2.96. The number of nitrogens with zero attached hydrogens (tertiary/aromatic N) is 1. The minimum atomic E-state index is -2.96.